The van der Waals surface area contributed by atoms with E-state index < -0.39 is 0 Å². The highest BCUT2D eigenvalue weighted by Gasteiger charge is 2.13. The van der Waals surface area contributed by atoms with E-state index in [1.54, 1.807) is 7.11 Å². The summed E-state index contributed by atoms with van der Waals surface area (Å²) in [4.78, 5) is 10.6. The predicted molar refractivity (Wildman–Crippen MR) is 61.4 cm³/mol. The first kappa shape index (κ1) is 11.8. The first-order valence-electron chi connectivity index (χ1n) is 5.31. The van der Waals surface area contributed by atoms with E-state index in [2.05, 4.69) is 19.9 Å². The monoisotopic (exact) mass is 206 g/mol. The van der Waals surface area contributed by atoms with Crippen molar-refractivity contribution in [2.45, 2.75) is 32.6 Å². The van der Waals surface area contributed by atoms with E-state index in [0.29, 0.717) is 6.42 Å². The Balaban J connectivity index is 3.07. The molecule has 0 aliphatic carbocycles. The predicted octanol–water partition coefficient (Wildman–Crippen LogP) is 3.09. The molecule has 2 heteroatoms. The van der Waals surface area contributed by atoms with E-state index in [1.165, 1.54) is 5.56 Å². The third-order valence-corrected chi connectivity index (χ3v) is 2.70. The number of aldehydes is 1. The first-order valence-corrected chi connectivity index (χ1v) is 5.31. The second-order valence-electron chi connectivity index (χ2n) is 3.75. The maximum absolute atomic E-state index is 10.6. The molecule has 1 rings (SSSR count). The van der Waals surface area contributed by atoms with E-state index in [0.717, 1.165) is 24.0 Å². The van der Waals surface area contributed by atoms with Gasteiger partial charge in [0, 0.05) is 6.42 Å². The van der Waals surface area contributed by atoms with Gasteiger partial charge in [-0.3, -0.25) is 0 Å². The second-order valence-corrected chi connectivity index (χ2v) is 3.75. The van der Waals surface area contributed by atoms with Gasteiger partial charge in [-0.1, -0.05) is 24.6 Å². The standard InChI is InChI=1S/C13H18O2/c1-4-11(7-8-14)12-9-10(2)5-6-13(12)15-3/h5-6,8-9,11H,4,7H2,1-3H3. The lowest BCUT2D eigenvalue weighted by Gasteiger charge is -2.16. The van der Waals surface area contributed by atoms with Crippen LogP contribution in [-0.4, -0.2) is 13.4 Å². The number of hydrogen-bond acceptors (Lipinski definition) is 2. The molecule has 1 atom stereocenters. The Morgan fingerprint density at radius 2 is 2.20 bits per heavy atom. The average Bonchev–Trinajstić information content (AvgIpc) is 2.26. The van der Waals surface area contributed by atoms with E-state index in [-0.39, 0.29) is 5.92 Å². The minimum Gasteiger partial charge on any atom is -0.496 e. The molecule has 1 aromatic rings. The molecule has 0 aliphatic heterocycles. The van der Waals surface area contributed by atoms with Crippen LogP contribution < -0.4 is 4.74 Å². The van der Waals surface area contributed by atoms with Gasteiger partial charge < -0.3 is 9.53 Å². The number of hydrogen-bond donors (Lipinski definition) is 0. The van der Waals surface area contributed by atoms with Gasteiger partial charge in [0.15, 0.2) is 0 Å². The van der Waals surface area contributed by atoms with Gasteiger partial charge in [-0.25, -0.2) is 0 Å². The summed E-state index contributed by atoms with van der Waals surface area (Å²) in [5, 5.41) is 0. The number of aryl methyl sites for hydroxylation is 1. The topological polar surface area (TPSA) is 26.3 Å². The smallest absolute Gasteiger partial charge is 0.122 e. The van der Waals surface area contributed by atoms with Gasteiger partial charge in [0.25, 0.3) is 0 Å². The minimum atomic E-state index is 0.275. The van der Waals surface area contributed by atoms with Crippen molar-refractivity contribution in [3.63, 3.8) is 0 Å². The van der Waals surface area contributed by atoms with Crippen molar-refractivity contribution in [1.29, 1.82) is 0 Å². The van der Waals surface area contributed by atoms with E-state index in [4.69, 9.17) is 4.74 Å². The van der Waals surface area contributed by atoms with Gasteiger partial charge in [-0.15, -0.1) is 0 Å². The third-order valence-electron chi connectivity index (χ3n) is 2.70. The van der Waals surface area contributed by atoms with Crippen molar-refractivity contribution < 1.29 is 9.53 Å². The van der Waals surface area contributed by atoms with Gasteiger partial charge in [0.1, 0.15) is 12.0 Å². The lowest BCUT2D eigenvalue weighted by atomic mass is 9.92. The molecule has 0 saturated heterocycles. The van der Waals surface area contributed by atoms with Gasteiger partial charge in [-0.05, 0) is 30.9 Å². The fraction of sp³-hybridized carbons (Fsp3) is 0.462. The molecule has 0 heterocycles. The van der Waals surface area contributed by atoms with Crippen molar-refractivity contribution in [2.75, 3.05) is 7.11 Å². The van der Waals surface area contributed by atoms with Crippen LogP contribution in [0.15, 0.2) is 18.2 Å². The number of carbonyl (C=O) groups is 1. The zero-order valence-electron chi connectivity index (χ0n) is 9.62. The number of benzene rings is 1. The van der Waals surface area contributed by atoms with Gasteiger partial charge in [-0.2, -0.15) is 0 Å². The molecule has 0 aromatic heterocycles. The summed E-state index contributed by atoms with van der Waals surface area (Å²) in [5.74, 6) is 1.16. The largest absolute Gasteiger partial charge is 0.496 e. The highest BCUT2D eigenvalue weighted by molar-refractivity contribution is 5.53. The summed E-state index contributed by atoms with van der Waals surface area (Å²) in [6.07, 6.45) is 2.50. The van der Waals surface area contributed by atoms with Crippen LogP contribution in [0.2, 0.25) is 0 Å². The normalized spacial score (nSPS) is 12.2. The molecule has 0 spiro atoms. The average molecular weight is 206 g/mol. The fourth-order valence-electron chi connectivity index (χ4n) is 1.80. The van der Waals surface area contributed by atoms with E-state index >= 15 is 0 Å². The van der Waals surface area contributed by atoms with Crippen LogP contribution in [0.4, 0.5) is 0 Å². The Labute approximate surface area is 91.3 Å². The third kappa shape index (κ3) is 2.82. The molecule has 1 unspecified atom stereocenters. The zero-order valence-corrected chi connectivity index (χ0v) is 9.62. The van der Waals surface area contributed by atoms with Gasteiger partial charge in [0.2, 0.25) is 0 Å². The highest BCUT2D eigenvalue weighted by atomic mass is 16.5. The number of ether oxygens (including phenoxy) is 1. The Kier molecular flexibility index (Phi) is 4.35. The maximum atomic E-state index is 10.6. The molecule has 2 nitrogen and oxygen atoms in total. The van der Waals surface area contributed by atoms with Crippen LogP contribution in [0.3, 0.4) is 0 Å². The molecule has 0 fully saturated rings. The Hall–Kier alpha value is -1.31. The SMILES string of the molecule is CCC(CC=O)c1cc(C)ccc1OC. The van der Waals surface area contributed by atoms with Crippen LogP contribution in [0, 0.1) is 6.92 Å². The number of carbonyl (C=O) groups excluding carboxylic acids is 1. The lowest BCUT2D eigenvalue weighted by molar-refractivity contribution is -0.108. The highest BCUT2D eigenvalue weighted by Crippen LogP contribution is 2.31. The molecule has 0 N–H and O–H groups in total. The van der Waals surface area contributed by atoms with Crippen molar-refractivity contribution >= 4 is 6.29 Å². The lowest BCUT2D eigenvalue weighted by Crippen LogP contribution is -2.01. The van der Waals surface area contributed by atoms with Crippen molar-refractivity contribution in [1.82, 2.24) is 0 Å². The minimum absolute atomic E-state index is 0.275. The Bertz CT molecular complexity index is 331. The first-order chi connectivity index (χ1) is 7.22. The summed E-state index contributed by atoms with van der Waals surface area (Å²) in [6.45, 7) is 4.15. The molecule has 15 heavy (non-hydrogen) atoms. The molecule has 0 amide bonds. The van der Waals surface area contributed by atoms with Crippen LogP contribution >= 0.6 is 0 Å². The van der Waals surface area contributed by atoms with Crippen molar-refractivity contribution in [3.05, 3.63) is 29.3 Å². The molecule has 0 saturated carbocycles. The van der Waals surface area contributed by atoms with Gasteiger partial charge >= 0.3 is 0 Å². The Morgan fingerprint density at radius 1 is 1.47 bits per heavy atom. The van der Waals surface area contributed by atoms with Crippen molar-refractivity contribution in [2.24, 2.45) is 0 Å². The van der Waals surface area contributed by atoms with Gasteiger partial charge in [0.05, 0.1) is 7.11 Å². The molecule has 0 radical (unpaired) electrons. The molecule has 0 bridgehead atoms. The summed E-state index contributed by atoms with van der Waals surface area (Å²) >= 11 is 0. The summed E-state index contributed by atoms with van der Waals surface area (Å²) in [5.41, 5.74) is 2.35. The van der Waals surface area contributed by atoms with Crippen molar-refractivity contribution in [3.8, 4) is 5.75 Å². The molecular formula is C13H18O2. The number of rotatable bonds is 5. The maximum Gasteiger partial charge on any atom is 0.122 e. The van der Waals surface area contributed by atoms with Crippen LogP contribution in [0.25, 0.3) is 0 Å². The van der Waals surface area contributed by atoms with E-state index in [1.807, 2.05) is 12.1 Å². The molecule has 1 aromatic carbocycles. The summed E-state index contributed by atoms with van der Waals surface area (Å²) in [7, 11) is 1.67. The molecule has 0 aliphatic rings. The summed E-state index contributed by atoms with van der Waals surface area (Å²) in [6, 6.07) is 6.10. The molecular weight excluding hydrogens is 188 g/mol. The Morgan fingerprint density at radius 3 is 2.73 bits per heavy atom. The van der Waals surface area contributed by atoms with Crippen LogP contribution in [0.5, 0.6) is 5.75 Å². The molecule has 82 valence electrons. The van der Waals surface area contributed by atoms with E-state index in [9.17, 15) is 4.79 Å². The van der Waals surface area contributed by atoms with Crippen LogP contribution in [0.1, 0.15) is 36.8 Å². The van der Waals surface area contributed by atoms with Crippen LogP contribution in [-0.2, 0) is 4.79 Å². The summed E-state index contributed by atoms with van der Waals surface area (Å²) < 4.78 is 5.31. The zero-order chi connectivity index (χ0) is 11.3. The second kappa shape index (κ2) is 5.54. The fourth-order valence-corrected chi connectivity index (χ4v) is 1.80. The quantitative estimate of drug-likeness (QED) is 0.692. The number of methoxy groups -OCH3 is 1.